The fraction of sp³-hybridized carbons (Fsp3) is 0.590. The molecular weight excluding hydrogens is 630 g/mol. The standard InChI is InChI=1S/C39H55N7O4/c1-26-32(34(45-16-12-39(6,7)13-17-45)33(27(2)41-26)35(36(48)49)50-38(3,4)5)29-8-9-30-25-46(15-11-28(30)24-29)37-40-14-10-31(42-37)44-20-18-43(19-21-44)22-23-47/h8-10,14,24,35,47H,11-13,15-23,25H2,1-7H3,(H,48,49)/t35-/m0/s1. The lowest BCUT2D eigenvalue weighted by Gasteiger charge is -2.41. The third kappa shape index (κ3) is 7.90. The van der Waals surface area contributed by atoms with Gasteiger partial charge >= 0.3 is 5.97 Å². The molecule has 2 fully saturated rings. The zero-order chi connectivity index (χ0) is 35.8. The SMILES string of the molecule is Cc1nc(C)c([C@H](OC(C)(C)C)C(=O)O)c(N2CCC(C)(C)CC2)c1-c1ccc2c(c1)CCN(c1nccc(N3CCN(CCO)CC3)n1)C2. The molecule has 2 N–H and O–H groups in total. The van der Waals surface area contributed by atoms with Crippen molar-refractivity contribution in [2.24, 2.45) is 5.41 Å². The Morgan fingerprint density at radius 1 is 0.920 bits per heavy atom. The highest BCUT2D eigenvalue weighted by molar-refractivity contribution is 5.88. The van der Waals surface area contributed by atoms with Gasteiger partial charge in [-0.2, -0.15) is 4.98 Å². The average molecular weight is 686 g/mol. The summed E-state index contributed by atoms with van der Waals surface area (Å²) in [5.74, 6) is 0.688. The molecular formula is C39H55N7O4. The predicted octanol–water partition coefficient (Wildman–Crippen LogP) is 5.40. The lowest BCUT2D eigenvalue weighted by atomic mass is 9.81. The highest BCUT2D eigenvalue weighted by Crippen LogP contribution is 2.45. The molecule has 1 aromatic carbocycles. The van der Waals surface area contributed by atoms with E-state index in [4.69, 9.17) is 14.7 Å². The number of carbonyl (C=O) groups is 1. The van der Waals surface area contributed by atoms with E-state index in [9.17, 15) is 15.0 Å². The lowest BCUT2D eigenvalue weighted by molar-refractivity contribution is -0.160. The highest BCUT2D eigenvalue weighted by atomic mass is 16.5. The molecule has 0 saturated carbocycles. The van der Waals surface area contributed by atoms with Crippen LogP contribution < -0.4 is 14.7 Å². The summed E-state index contributed by atoms with van der Waals surface area (Å²) < 4.78 is 6.28. The minimum atomic E-state index is -1.14. The van der Waals surface area contributed by atoms with Crippen molar-refractivity contribution in [3.8, 4) is 11.1 Å². The van der Waals surface area contributed by atoms with Crippen LogP contribution in [-0.2, 0) is 22.5 Å². The maximum atomic E-state index is 12.9. The number of nitrogens with zero attached hydrogens (tertiary/aromatic N) is 7. The van der Waals surface area contributed by atoms with Crippen LogP contribution in [0.2, 0.25) is 0 Å². The van der Waals surface area contributed by atoms with E-state index in [2.05, 4.69) is 56.6 Å². The number of piperazine rings is 1. The van der Waals surface area contributed by atoms with Gasteiger partial charge in [0.2, 0.25) is 5.95 Å². The maximum Gasteiger partial charge on any atom is 0.337 e. The van der Waals surface area contributed by atoms with E-state index >= 15 is 0 Å². The van der Waals surface area contributed by atoms with E-state index in [0.717, 1.165) is 99.4 Å². The van der Waals surface area contributed by atoms with Crippen molar-refractivity contribution in [3.63, 3.8) is 0 Å². The number of ether oxygens (including phenoxy) is 1. The molecule has 50 heavy (non-hydrogen) atoms. The first kappa shape index (κ1) is 36.0. The molecule has 3 aliphatic heterocycles. The van der Waals surface area contributed by atoms with Crippen LogP contribution in [0.25, 0.3) is 11.1 Å². The van der Waals surface area contributed by atoms with Gasteiger partial charge in [0.1, 0.15) is 5.82 Å². The van der Waals surface area contributed by atoms with Gasteiger partial charge in [-0.05, 0) is 82.1 Å². The van der Waals surface area contributed by atoms with Crippen molar-refractivity contribution >= 4 is 23.4 Å². The highest BCUT2D eigenvalue weighted by Gasteiger charge is 2.37. The zero-order valence-electron chi connectivity index (χ0n) is 31.0. The first-order valence-electron chi connectivity index (χ1n) is 18.2. The number of anilines is 3. The normalized spacial score (nSPS) is 19.0. The minimum absolute atomic E-state index is 0.188. The molecule has 3 aliphatic rings. The van der Waals surface area contributed by atoms with Crippen LogP contribution in [-0.4, -0.2) is 101 Å². The summed E-state index contributed by atoms with van der Waals surface area (Å²) in [6, 6.07) is 8.66. The van der Waals surface area contributed by atoms with Gasteiger partial charge in [0, 0.05) is 87.6 Å². The second-order valence-corrected chi connectivity index (χ2v) is 15.9. The Morgan fingerprint density at radius 3 is 2.30 bits per heavy atom. The van der Waals surface area contributed by atoms with Gasteiger partial charge < -0.3 is 29.6 Å². The fourth-order valence-electron chi connectivity index (χ4n) is 7.64. The summed E-state index contributed by atoms with van der Waals surface area (Å²) in [5.41, 5.74) is 7.35. The van der Waals surface area contributed by atoms with Crippen LogP contribution in [0.3, 0.4) is 0 Å². The van der Waals surface area contributed by atoms with Gasteiger partial charge in [0.25, 0.3) is 0 Å². The largest absolute Gasteiger partial charge is 0.479 e. The van der Waals surface area contributed by atoms with E-state index in [1.807, 2.05) is 46.9 Å². The van der Waals surface area contributed by atoms with Gasteiger partial charge in [-0.1, -0.05) is 32.0 Å². The summed E-state index contributed by atoms with van der Waals surface area (Å²) in [7, 11) is 0. The van der Waals surface area contributed by atoms with Crippen molar-refractivity contribution in [3.05, 3.63) is 58.5 Å². The lowest BCUT2D eigenvalue weighted by Crippen LogP contribution is -2.47. The molecule has 0 bridgehead atoms. The van der Waals surface area contributed by atoms with Crippen LogP contribution in [0.15, 0.2) is 30.5 Å². The quantitative estimate of drug-likeness (QED) is 0.302. The van der Waals surface area contributed by atoms with Gasteiger partial charge in [-0.15, -0.1) is 0 Å². The van der Waals surface area contributed by atoms with Crippen LogP contribution in [0.1, 0.15) is 81.6 Å². The van der Waals surface area contributed by atoms with E-state index in [1.165, 1.54) is 11.1 Å². The number of benzene rings is 1. The van der Waals surface area contributed by atoms with Gasteiger partial charge in [-0.25, -0.2) is 9.78 Å². The zero-order valence-corrected chi connectivity index (χ0v) is 31.0. The van der Waals surface area contributed by atoms with Crippen molar-refractivity contribution in [1.82, 2.24) is 19.9 Å². The molecule has 0 spiro atoms. The van der Waals surface area contributed by atoms with Gasteiger partial charge in [0.15, 0.2) is 6.10 Å². The van der Waals surface area contributed by atoms with Crippen LogP contribution in [0, 0.1) is 19.3 Å². The number of aromatic nitrogens is 3. The number of rotatable bonds is 9. The number of aliphatic carboxylic acids is 1. The molecule has 0 unspecified atom stereocenters. The number of hydrogen-bond donors (Lipinski definition) is 2. The number of aliphatic hydroxyl groups is 1. The molecule has 3 aromatic rings. The Kier molecular flexibility index (Phi) is 10.4. The minimum Gasteiger partial charge on any atom is -0.479 e. The summed E-state index contributed by atoms with van der Waals surface area (Å²) in [6.07, 6.45) is 3.61. The average Bonchev–Trinajstić information content (AvgIpc) is 3.07. The van der Waals surface area contributed by atoms with Gasteiger partial charge in [0.05, 0.1) is 17.9 Å². The Bertz CT molecular complexity index is 1690. The predicted molar refractivity (Wildman–Crippen MR) is 198 cm³/mol. The van der Waals surface area contributed by atoms with Crippen molar-refractivity contribution in [2.45, 2.75) is 86.0 Å². The molecule has 1 atom stereocenters. The molecule has 0 radical (unpaired) electrons. The molecule has 0 amide bonds. The third-order valence-electron chi connectivity index (χ3n) is 10.5. The number of fused-ring (bicyclic) bond motifs is 1. The smallest absolute Gasteiger partial charge is 0.337 e. The number of β-amino-alcohol motifs (C(OH)–C–C–N with tert-alkyl or cyclic N) is 1. The van der Waals surface area contributed by atoms with E-state index in [-0.39, 0.29) is 12.0 Å². The molecule has 11 nitrogen and oxygen atoms in total. The number of pyridine rings is 1. The number of aliphatic hydroxyl groups excluding tert-OH is 1. The Morgan fingerprint density at radius 2 is 1.64 bits per heavy atom. The molecule has 2 aromatic heterocycles. The van der Waals surface area contributed by atoms with E-state index in [1.54, 1.807) is 0 Å². The van der Waals surface area contributed by atoms with E-state index in [0.29, 0.717) is 24.3 Å². The second-order valence-electron chi connectivity index (χ2n) is 15.9. The van der Waals surface area contributed by atoms with Crippen LogP contribution in [0.4, 0.5) is 17.5 Å². The summed E-state index contributed by atoms with van der Waals surface area (Å²) in [4.78, 5) is 36.8. The number of carboxylic acids is 1. The summed E-state index contributed by atoms with van der Waals surface area (Å²) in [5, 5.41) is 19.9. The van der Waals surface area contributed by atoms with Crippen molar-refractivity contribution in [2.75, 3.05) is 73.7 Å². The maximum absolute atomic E-state index is 12.9. The fourth-order valence-corrected chi connectivity index (χ4v) is 7.64. The molecule has 2 saturated heterocycles. The monoisotopic (exact) mass is 685 g/mol. The topological polar surface area (TPSA) is 118 Å². The third-order valence-corrected chi connectivity index (χ3v) is 10.5. The molecule has 270 valence electrons. The van der Waals surface area contributed by atoms with Crippen LogP contribution in [0.5, 0.6) is 0 Å². The first-order chi connectivity index (χ1) is 23.7. The van der Waals surface area contributed by atoms with Crippen molar-refractivity contribution < 1.29 is 19.7 Å². The van der Waals surface area contributed by atoms with Crippen LogP contribution >= 0.6 is 0 Å². The van der Waals surface area contributed by atoms with E-state index < -0.39 is 17.7 Å². The summed E-state index contributed by atoms with van der Waals surface area (Å²) in [6.45, 7) is 22.0. The molecule has 11 heteroatoms. The Hall–Kier alpha value is -3.80. The number of piperidine rings is 1. The number of aryl methyl sites for hydroxylation is 2. The molecule has 0 aliphatic carbocycles. The molecule has 5 heterocycles. The van der Waals surface area contributed by atoms with Crippen molar-refractivity contribution in [1.29, 1.82) is 0 Å². The van der Waals surface area contributed by atoms with Gasteiger partial charge in [-0.3, -0.25) is 9.88 Å². The number of carboxylic acid groups (broad SMARTS) is 1. The first-order valence-corrected chi connectivity index (χ1v) is 18.2. The number of hydrogen-bond acceptors (Lipinski definition) is 10. The summed E-state index contributed by atoms with van der Waals surface area (Å²) >= 11 is 0. The second kappa shape index (κ2) is 14.4. The Labute approximate surface area is 297 Å². The Balaban J connectivity index is 1.32. The molecule has 6 rings (SSSR count).